The molecule has 2 N–H and O–H groups in total. The number of nitrogens with one attached hydrogen (secondary N) is 2. The van der Waals surface area contributed by atoms with Gasteiger partial charge in [0.25, 0.3) is 0 Å². The molecule has 0 saturated carbocycles. The van der Waals surface area contributed by atoms with Crippen LogP contribution in [0.2, 0.25) is 0 Å². The van der Waals surface area contributed by atoms with Gasteiger partial charge in [0.2, 0.25) is 5.91 Å². The molecule has 3 rings (SSSR count). The summed E-state index contributed by atoms with van der Waals surface area (Å²) in [5, 5.41) is 4.25. The maximum absolute atomic E-state index is 12.1. The number of para-hydroxylation sites is 1. The molecule has 2 aromatic carbocycles. The molecule has 1 aromatic heterocycles. The van der Waals surface area contributed by atoms with Gasteiger partial charge in [-0.05, 0) is 43.5 Å². The molecule has 3 nitrogen and oxygen atoms in total. The van der Waals surface area contributed by atoms with Crippen LogP contribution in [0.15, 0.2) is 53.6 Å². The molecule has 1 amide bonds. The maximum atomic E-state index is 12.1. The maximum Gasteiger partial charge on any atom is 0.230 e. The van der Waals surface area contributed by atoms with Gasteiger partial charge in [-0.2, -0.15) is 0 Å². The smallest absolute Gasteiger partial charge is 0.230 e. The van der Waals surface area contributed by atoms with Crippen LogP contribution in [-0.2, 0) is 11.2 Å². The Bertz CT molecular complexity index is 854. The molecule has 0 aliphatic heterocycles. The van der Waals surface area contributed by atoms with E-state index in [4.69, 9.17) is 0 Å². The van der Waals surface area contributed by atoms with E-state index in [0.29, 0.717) is 12.3 Å². The third-order valence-electron chi connectivity index (χ3n) is 4.09. The molecule has 0 radical (unpaired) electrons. The number of carbonyl (C=O) groups excluding carboxylic acids is 1. The van der Waals surface area contributed by atoms with E-state index in [2.05, 4.69) is 54.5 Å². The van der Waals surface area contributed by atoms with Gasteiger partial charge in [-0.25, -0.2) is 0 Å². The summed E-state index contributed by atoms with van der Waals surface area (Å²) < 4.78 is 0. The summed E-state index contributed by atoms with van der Waals surface area (Å²) in [5.41, 5.74) is 4.83. The SMILES string of the molecule is Cc1ccc(C)c(SCC(=O)NCCc2c[nH]c3ccccc23)c1. The number of rotatable bonds is 6. The van der Waals surface area contributed by atoms with Gasteiger partial charge in [0.15, 0.2) is 0 Å². The van der Waals surface area contributed by atoms with E-state index >= 15 is 0 Å². The lowest BCUT2D eigenvalue weighted by atomic mass is 10.1. The van der Waals surface area contributed by atoms with Crippen LogP contribution in [-0.4, -0.2) is 23.2 Å². The quantitative estimate of drug-likeness (QED) is 0.661. The number of thioether (sulfide) groups is 1. The normalized spacial score (nSPS) is 10.9. The fraction of sp³-hybridized carbons (Fsp3) is 0.250. The molecule has 1 heterocycles. The highest BCUT2D eigenvalue weighted by molar-refractivity contribution is 8.00. The minimum atomic E-state index is 0.0840. The predicted octanol–water partition coefficient (Wildman–Crippen LogP) is 4.24. The summed E-state index contributed by atoms with van der Waals surface area (Å²) in [4.78, 5) is 16.5. The first-order valence-electron chi connectivity index (χ1n) is 8.15. The summed E-state index contributed by atoms with van der Waals surface area (Å²) in [7, 11) is 0. The summed E-state index contributed by atoms with van der Waals surface area (Å²) in [6, 6.07) is 14.6. The van der Waals surface area contributed by atoms with Crippen LogP contribution in [0.1, 0.15) is 16.7 Å². The van der Waals surface area contributed by atoms with Crippen molar-refractivity contribution in [2.75, 3.05) is 12.3 Å². The predicted molar refractivity (Wildman–Crippen MR) is 102 cm³/mol. The molecule has 124 valence electrons. The van der Waals surface area contributed by atoms with E-state index in [1.165, 1.54) is 27.0 Å². The minimum Gasteiger partial charge on any atom is -0.361 e. The third kappa shape index (κ3) is 4.01. The van der Waals surface area contributed by atoms with Crippen molar-refractivity contribution in [1.29, 1.82) is 0 Å². The van der Waals surface area contributed by atoms with Gasteiger partial charge in [0.1, 0.15) is 0 Å². The Balaban J connectivity index is 1.48. The van der Waals surface area contributed by atoms with Gasteiger partial charge in [0.05, 0.1) is 5.75 Å². The Morgan fingerprint density at radius 1 is 1.17 bits per heavy atom. The number of carbonyl (C=O) groups is 1. The summed E-state index contributed by atoms with van der Waals surface area (Å²) in [6.45, 7) is 4.81. The van der Waals surface area contributed by atoms with Gasteiger partial charge in [0, 0.05) is 28.5 Å². The average molecular weight is 338 g/mol. The number of aromatic amines is 1. The summed E-state index contributed by atoms with van der Waals surface area (Å²) >= 11 is 1.60. The molecule has 3 aromatic rings. The highest BCUT2D eigenvalue weighted by atomic mass is 32.2. The molecule has 0 aliphatic carbocycles. The van der Waals surface area contributed by atoms with Crippen LogP contribution < -0.4 is 5.32 Å². The Hall–Kier alpha value is -2.20. The Morgan fingerprint density at radius 2 is 2.00 bits per heavy atom. The van der Waals surface area contributed by atoms with Gasteiger partial charge in [-0.1, -0.05) is 35.9 Å². The van der Waals surface area contributed by atoms with Crippen molar-refractivity contribution in [2.24, 2.45) is 0 Å². The number of aryl methyl sites for hydroxylation is 2. The van der Waals surface area contributed by atoms with E-state index in [1.54, 1.807) is 11.8 Å². The van der Waals surface area contributed by atoms with Crippen LogP contribution in [0.5, 0.6) is 0 Å². The Morgan fingerprint density at radius 3 is 2.88 bits per heavy atom. The molecule has 0 atom stereocenters. The van der Waals surface area contributed by atoms with Gasteiger partial charge >= 0.3 is 0 Å². The number of amides is 1. The second-order valence-electron chi connectivity index (χ2n) is 6.02. The van der Waals surface area contributed by atoms with Crippen molar-refractivity contribution >= 4 is 28.6 Å². The molecule has 0 bridgehead atoms. The molecule has 0 spiro atoms. The van der Waals surface area contributed by atoms with Crippen molar-refractivity contribution in [3.63, 3.8) is 0 Å². The topological polar surface area (TPSA) is 44.9 Å². The van der Waals surface area contributed by atoms with Crippen LogP contribution in [0.3, 0.4) is 0 Å². The van der Waals surface area contributed by atoms with E-state index in [-0.39, 0.29) is 5.91 Å². The third-order valence-corrected chi connectivity index (χ3v) is 5.25. The van der Waals surface area contributed by atoms with Gasteiger partial charge in [-0.3, -0.25) is 4.79 Å². The lowest BCUT2D eigenvalue weighted by Crippen LogP contribution is -2.27. The summed E-state index contributed by atoms with van der Waals surface area (Å²) in [5.74, 6) is 0.541. The van der Waals surface area contributed by atoms with Crippen LogP contribution in [0.4, 0.5) is 0 Å². The molecule has 24 heavy (non-hydrogen) atoms. The van der Waals surface area contributed by atoms with Crippen molar-refractivity contribution in [3.05, 3.63) is 65.4 Å². The largest absolute Gasteiger partial charge is 0.361 e. The second kappa shape index (κ2) is 7.58. The van der Waals surface area contributed by atoms with E-state index in [9.17, 15) is 4.79 Å². The number of benzene rings is 2. The first-order valence-corrected chi connectivity index (χ1v) is 9.14. The number of fused-ring (bicyclic) bond motifs is 1. The second-order valence-corrected chi connectivity index (χ2v) is 7.03. The molecule has 0 aliphatic rings. The minimum absolute atomic E-state index is 0.0840. The zero-order valence-electron chi connectivity index (χ0n) is 14.1. The zero-order chi connectivity index (χ0) is 16.9. The first kappa shape index (κ1) is 16.7. The lowest BCUT2D eigenvalue weighted by Gasteiger charge is -2.08. The van der Waals surface area contributed by atoms with Crippen LogP contribution in [0, 0.1) is 13.8 Å². The van der Waals surface area contributed by atoms with Gasteiger partial charge in [-0.15, -0.1) is 11.8 Å². The average Bonchev–Trinajstić information content (AvgIpc) is 2.99. The Labute approximate surface area is 146 Å². The van der Waals surface area contributed by atoms with Crippen molar-refractivity contribution in [1.82, 2.24) is 10.3 Å². The molecule has 0 unspecified atom stereocenters. The molecule has 0 fully saturated rings. The molecular formula is C20H22N2OS. The molecule has 0 saturated heterocycles. The number of hydrogen-bond donors (Lipinski definition) is 2. The Kier molecular flexibility index (Phi) is 5.26. The van der Waals surface area contributed by atoms with E-state index in [1.807, 2.05) is 18.3 Å². The summed E-state index contributed by atoms with van der Waals surface area (Å²) in [6.07, 6.45) is 2.87. The van der Waals surface area contributed by atoms with E-state index < -0.39 is 0 Å². The fourth-order valence-electron chi connectivity index (χ4n) is 2.73. The fourth-order valence-corrected chi connectivity index (χ4v) is 3.69. The van der Waals surface area contributed by atoms with Crippen molar-refractivity contribution in [2.45, 2.75) is 25.2 Å². The van der Waals surface area contributed by atoms with Gasteiger partial charge < -0.3 is 10.3 Å². The molecule has 4 heteroatoms. The highest BCUT2D eigenvalue weighted by Crippen LogP contribution is 2.23. The van der Waals surface area contributed by atoms with Crippen molar-refractivity contribution in [3.8, 4) is 0 Å². The zero-order valence-corrected chi connectivity index (χ0v) is 14.9. The first-order chi connectivity index (χ1) is 11.6. The number of hydrogen-bond acceptors (Lipinski definition) is 2. The highest BCUT2D eigenvalue weighted by Gasteiger charge is 2.06. The van der Waals surface area contributed by atoms with Crippen LogP contribution >= 0.6 is 11.8 Å². The lowest BCUT2D eigenvalue weighted by molar-refractivity contribution is -0.118. The standard InChI is InChI=1S/C20H22N2OS/c1-14-7-8-15(2)19(11-14)24-13-20(23)21-10-9-16-12-22-18-6-4-3-5-17(16)18/h3-8,11-12,22H,9-10,13H2,1-2H3,(H,21,23). The number of H-pyrrole nitrogens is 1. The van der Waals surface area contributed by atoms with Crippen LogP contribution in [0.25, 0.3) is 10.9 Å². The van der Waals surface area contributed by atoms with E-state index in [0.717, 1.165) is 11.9 Å². The number of aromatic nitrogens is 1. The monoisotopic (exact) mass is 338 g/mol. The molecular weight excluding hydrogens is 316 g/mol. The van der Waals surface area contributed by atoms with Crippen molar-refractivity contribution < 1.29 is 4.79 Å².